The second-order valence-corrected chi connectivity index (χ2v) is 8.86. The van der Waals surface area contributed by atoms with E-state index in [2.05, 4.69) is 56.5 Å². The Kier molecular flexibility index (Phi) is 6.60. The van der Waals surface area contributed by atoms with E-state index in [1.54, 1.807) is 0 Å². The first-order chi connectivity index (χ1) is 7.47. The van der Waals surface area contributed by atoms with Gasteiger partial charge in [-0.3, -0.25) is 0 Å². The maximum atomic E-state index is 3.69. The van der Waals surface area contributed by atoms with Gasteiger partial charge in [0.2, 0.25) is 0 Å². The van der Waals surface area contributed by atoms with E-state index in [-0.39, 0.29) is 0 Å². The maximum absolute atomic E-state index is 3.69. The predicted octanol–water partition coefficient (Wildman–Crippen LogP) is 3.64. The molecule has 1 nitrogen and oxygen atoms in total. The van der Waals surface area contributed by atoms with Crippen LogP contribution in [0.2, 0.25) is 0 Å². The molecule has 1 N–H and O–H groups in total. The molecule has 0 radical (unpaired) electrons. The zero-order chi connectivity index (χ0) is 12.0. The average Bonchev–Trinajstić information content (AvgIpc) is 2.24. The maximum Gasteiger partial charge on any atom is 0.0130 e. The zero-order valence-electron chi connectivity index (χ0n) is 11.2. The Labute approximate surface area is 110 Å². The molecule has 1 saturated heterocycles. The fraction of sp³-hybridized carbons (Fsp3) is 1.00. The number of hydrogen-bond acceptors (Lipinski definition) is 3. The van der Waals surface area contributed by atoms with Crippen LogP contribution in [0.1, 0.15) is 40.5 Å². The molecule has 16 heavy (non-hydrogen) atoms. The summed E-state index contributed by atoms with van der Waals surface area (Å²) in [6.07, 6.45) is 2.83. The second-order valence-electron chi connectivity index (χ2n) is 5.79. The SMILES string of the molecule is CC(CSC(C)(C)C)NCC1CCSCC1. The molecule has 0 aromatic heterocycles. The predicted molar refractivity (Wildman–Crippen MR) is 79.7 cm³/mol. The van der Waals surface area contributed by atoms with Crippen LogP contribution in [0.3, 0.4) is 0 Å². The van der Waals surface area contributed by atoms with Crippen LogP contribution in [-0.2, 0) is 0 Å². The highest BCUT2D eigenvalue weighted by molar-refractivity contribution is 8.00. The van der Waals surface area contributed by atoms with Gasteiger partial charge in [0, 0.05) is 16.5 Å². The van der Waals surface area contributed by atoms with E-state index in [1.807, 2.05) is 0 Å². The third kappa shape index (κ3) is 7.08. The molecule has 3 heteroatoms. The normalized spacial score (nSPS) is 21.0. The first-order valence-corrected chi connectivity index (χ1v) is 8.56. The highest BCUT2D eigenvalue weighted by Crippen LogP contribution is 2.24. The van der Waals surface area contributed by atoms with Crippen LogP contribution < -0.4 is 5.32 Å². The summed E-state index contributed by atoms with van der Waals surface area (Å²) in [7, 11) is 0. The number of thioether (sulfide) groups is 2. The minimum Gasteiger partial charge on any atom is -0.313 e. The van der Waals surface area contributed by atoms with Gasteiger partial charge >= 0.3 is 0 Å². The van der Waals surface area contributed by atoms with Crippen LogP contribution in [0.25, 0.3) is 0 Å². The van der Waals surface area contributed by atoms with Gasteiger partial charge in [0.15, 0.2) is 0 Å². The van der Waals surface area contributed by atoms with E-state index in [9.17, 15) is 0 Å². The number of rotatable bonds is 5. The molecule has 0 spiro atoms. The molecule has 0 aliphatic carbocycles. The number of nitrogens with one attached hydrogen (secondary N) is 1. The van der Waals surface area contributed by atoms with Gasteiger partial charge in [-0.2, -0.15) is 23.5 Å². The molecular weight excluding hydrogens is 234 g/mol. The van der Waals surface area contributed by atoms with Crippen LogP contribution in [0, 0.1) is 5.92 Å². The number of hydrogen-bond donors (Lipinski definition) is 1. The van der Waals surface area contributed by atoms with Crippen LogP contribution >= 0.6 is 23.5 Å². The summed E-state index contributed by atoms with van der Waals surface area (Å²) in [5, 5.41) is 3.69. The van der Waals surface area contributed by atoms with Gasteiger partial charge in [0.25, 0.3) is 0 Å². The van der Waals surface area contributed by atoms with Gasteiger partial charge in [0.1, 0.15) is 0 Å². The molecule has 0 amide bonds. The molecule has 0 saturated carbocycles. The summed E-state index contributed by atoms with van der Waals surface area (Å²) in [6.45, 7) is 10.4. The summed E-state index contributed by atoms with van der Waals surface area (Å²) in [4.78, 5) is 0. The van der Waals surface area contributed by atoms with E-state index >= 15 is 0 Å². The minimum atomic E-state index is 0.400. The molecule has 0 aromatic rings. The average molecular weight is 262 g/mol. The van der Waals surface area contributed by atoms with E-state index in [4.69, 9.17) is 0 Å². The molecule has 1 unspecified atom stereocenters. The molecule has 0 aromatic carbocycles. The molecule has 1 atom stereocenters. The molecule has 1 heterocycles. The van der Waals surface area contributed by atoms with Gasteiger partial charge in [-0.05, 0) is 43.7 Å². The third-order valence-corrected chi connectivity index (χ3v) is 5.44. The molecule has 1 fully saturated rings. The molecule has 96 valence electrons. The van der Waals surface area contributed by atoms with Crippen molar-refractivity contribution >= 4 is 23.5 Å². The fourth-order valence-corrected chi connectivity index (χ4v) is 3.82. The zero-order valence-corrected chi connectivity index (χ0v) is 12.8. The van der Waals surface area contributed by atoms with Gasteiger partial charge < -0.3 is 5.32 Å². The van der Waals surface area contributed by atoms with Gasteiger partial charge in [0.05, 0.1) is 0 Å². The Bertz CT molecular complexity index is 183. The van der Waals surface area contributed by atoms with Crippen molar-refractivity contribution in [3.63, 3.8) is 0 Å². The third-order valence-electron chi connectivity index (χ3n) is 2.86. The van der Waals surface area contributed by atoms with Crippen LogP contribution in [-0.4, -0.2) is 34.6 Å². The van der Waals surface area contributed by atoms with Crippen molar-refractivity contribution in [2.45, 2.75) is 51.3 Å². The monoisotopic (exact) mass is 261 g/mol. The highest BCUT2D eigenvalue weighted by atomic mass is 32.2. The standard InChI is InChI=1S/C13H27NS2/c1-11(10-16-13(2,3)4)14-9-12-5-7-15-8-6-12/h11-12,14H,5-10H2,1-4H3. The van der Waals surface area contributed by atoms with E-state index in [0.717, 1.165) is 5.92 Å². The quantitative estimate of drug-likeness (QED) is 0.811. The molecule has 1 rings (SSSR count). The Hall–Kier alpha value is 0.660. The molecule has 1 aliphatic rings. The Morgan fingerprint density at radius 2 is 1.94 bits per heavy atom. The lowest BCUT2D eigenvalue weighted by molar-refractivity contribution is 0.427. The Balaban J connectivity index is 2.07. The van der Waals surface area contributed by atoms with Crippen molar-refractivity contribution in [2.75, 3.05) is 23.8 Å². The van der Waals surface area contributed by atoms with Crippen LogP contribution in [0.15, 0.2) is 0 Å². The Morgan fingerprint density at radius 1 is 1.31 bits per heavy atom. The summed E-state index contributed by atoms with van der Waals surface area (Å²) in [5.41, 5.74) is 0. The summed E-state index contributed by atoms with van der Waals surface area (Å²) in [5.74, 6) is 4.91. The van der Waals surface area contributed by atoms with Crippen molar-refractivity contribution in [3.05, 3.63) is 0 Å². The molecular formula is C13H27NS2. The van der Waals surface area contributed by atoms with Crippen molar-refractivity contribution in [1.29, 1.82) is 0 Å². The van der Waals surface area contributed by atoms with Crippen molar-refractivity contribution in [3.8, 4) is 0 Å². The van der Waals surface area contributed by atoms with E-state index in [0.29, 0.717) is 10.8 Å². The summed E-state index contributed by atoms with van der Waals surface area (Å²) >= 11 is 4.18. The molecule has 1 aliphatic heterocycles. The Morgan fingerprint density at radius 3 is 2.50 bits per heavy atom. The van der Waals surface area contributed by atoms with Crippen molar-refractivity contribution in [1.82, 2.24) is 5.32 Å². The van der Waals surface area contributed by atoms with Crippen LogP contribution in [0.5, 0.6) is 0 Å². The van der Waals surface area contributed by atoms with Crippen molar-refractivity contribution < 1.29 is 0 Å². The second kappa shape index (κ2) is 7.17. The van der Waals surface area contributed by atoms with Gasteiger partial charge in [-0.15, -0.1) is 0 Å². The van der Waals surface area contributed by atoms with E-state index in [1.165, 1.54) is 36.6 Å². The minimum absolute atomic E-state index is 0.400. The van der Waals surface area contributed by atoms with Crippen molar-refractivity contribution in [2.24, 2.45) is 5.92 Å². The van der Waals surface area contributed by atoms with Crippen LogP contribution in [0.4, 0.5) is 0 Å². The lowest BCUT2D eigenvalue weighted by Crippen LogP contribution is -2.35. The highest BCUT2D eigenvalue weighted by Gasteiger charge is 2.16. The fourth-order valence-electron chi connectivity index (χ4n) is 1.75. The smallest absolute Gasteiger partial charge is 0.0130 e. The van der Waals surface area contributed by atoms with E-state index < -0.39 is 0 Å². The van der Waals surface area contributed by atoms with Gasteiger partial charge in [-0.1, -0.05) is 20.8 Å². The lowest BCUT2D eigenvalue weighted by atomic mass is 10.0. The summed E-state index contributed by atoms with van der Waals surface area (Å²) in [6, 6.07) is 0.652. The largest absolute Gasteiger partial charge is 0.313 e. The van der Waals surface area contributed by atoms with Gasteiger partial charge in [-0.25, -0.2) is 0 Å². The topological polar surface area (TPSA) is 12.0 Å². The first kappa shape index (κ1) is 14.7. The first-order valence-electron chi connectivity index (χ1n) is 6.42. The summed E-state index contributed by atoms with van der Waals surface area (Å²) < 4.78 is 0.400. The lowest BCUT2D eigenvalue weighted by Gasteiger charge is -2.25. The molecule has 0 bridgehead atoms.